The second-order valence-electron chi connectivity index (χ2n) is 8.98. The lowest BCUT2D eigenvalue weighted by Crippen LogP contribution is -2.71. The number of fused-ring (bicyclic) bond motifs is 2. The Bertz CT molecular complexity index is 715. The zero-order chi connectivity index (χ0) is 18.8. The zero-order valence-corrected chi connectivity index (χ0v) is 16.9. The van der Waals surface area contributed by atoms with E-state index < -0.39 is 17.7 Å². The molecule has 8 atom stereocenters. The van der Waals surface area contributed by atoms with Crippen molar-refractivity contribution < 1.29 is 19.2 Å². The molecule has 2 bridgehead atoms. The van der Waals surface area contributed by atoms with Gasteiger partial charge in [0.1, 0.15) is 6.23 Å². The van der Waals surface area contributed by atoms with Crippen LogP contribution in [0.25, 0.3) is 0 Å². The standard InChI is InChI=1S/C21H28ClNO4/c1-12-4-9-17-13(2)18(23-15-7-5-14(22)6-8-15)24-19-21(17)16(12)10-11-20(3,25-19)26-27-21/h5-8,12-13,16-19,23H,4,9-11H2,1-3H3/t12-,13-,16+,17+,18?,19-,20-,21-/m1/s1. The molecule has 27 heavy (non-hydrogen) atoms. The van der Waals surface area contributed by atoms with Gasteiger partial charge < -0.3 is 14.8 Å². The lowest BCUT2D eigenvalue weighted by molar-refractivity contribution is -0.570. The minimum Gasteiger partial charge on any atom is -0.360 e. The van der Waals surface area contributed by atoms with Gasteiger partial charge in [0.15, 0.2) is 11.9 Å². The lowest BCUT2D eigenvalue weighted by atomic mass is 9.58. The van der Waals surface area contributed by atoms with Crippen molar-refractivity contribution in [3.8, 4) is 0 Å². The van der Waals surface area contributed by atoms with Gasteiger partial charge in [0.2, 0.25) is 5.79 Å². The second-order valence-corrected chi connectivity index (χ2v) is 9.41. The zero-order valence-electron chi connectivity index (χ0n) is 16.1. The summed E-state index contributed by atoms with van der Waals surface area (Å²) >= 11 is 6.02. The molecule has 0 radical (unpaired) electrons. The van der Waals surface area contributed by atoms with Gasteiger partial charge in [-0.3, -0.25) is 0 Å². The Kier molecular flexibility index (Phi) is 4.26. The van der Waals surface area contributed by atoms with Gasteiger partial charge in [-0.05, 0) is 62.3 Å². The van der Waals surface area contributed by atoms with Crippen LogP contribution in [0.3, 0.4) is 0 Å². The lowest BCUT2D eigenvalue weighted by Gasteiger charge is -2.60. The van der Waals surface area contributed by atoms with Crippen LogP contribution in [0.2, 0.25) is 5.02 Å². The Labute approximate surface area is 165 Å². The van der Waals surface area contributed by atoms with E-state index in [1.54, 1.807) is 0 Å². The predicted molar refractivity (Wildman–Crippen MR) is 102 cm³/mol. The van der Waals surface area contributed by atoms with Gasteiger partial charge >= 0.3 is 0 Å². The van der Waals surface area contributed by atoms with Crippen molar-refractivity contribution >= 4 is 17.3 Å². The largest absolute Gasteiger partial charge is 0.360 e. The van der Waals surface area contributed by atoms with Gasteiger partial charge in [-0.15, -0.1) is 0 Å². The molecule has 0 amide bonds. The van der Waals surface area contributed by atoms with E-state index in [2.05, 4.69) is 19.2 Å². The molecule has 148 valence electrons. The first kappa shape index (κ1) is 18.2. The first-order valence-corrected chi connectivity index (χ1v) is 10.5. The Morgan fingerprint density at radius 1 is 1.04 bits per heavy atom. The van der Waals surface area contributed by atoms with Crippen LogP contribution in [0.4, 0.5) is 5.69 Å². The topological polar surface area (TPSA) is 49.0 Å². The third-order valence-electron chi connectivity index (χ3n) is 7.31. The Hall–Kier alpha value is -0.850. The minimum atomic E-state index is -0.733. The molecule has 1 N–H and O–H groups in total. The van der Waals surface area contributed by atoms with E-state index in [9.17, 15) is 0 Å². The molecule has 1 aromatic rings. The molecule has 5 nitrogen and oxygen atoms in total. The van der Waals surface area contributed by atoms with Crippen LogP contribution >= 0.6 is 11.6 Å². The molecule has 0 aromatic heterocycles. The highest BCUT2D eigenvalue weighted by Crippen LogP contribution is 2.60. The molecule has 4 saturated heterocycles. The quantitative estimate of drug-likeness (QED) is 0.719. The number of ether oxygens (including phenoxy) is 2. The molecule has 1 aromatic carbocycles. The van der Waals surface area contributed by atoms with Crippen molar-refractivity contribution in [1.82, 2.24) is 0 Å². The van der Waals surface area contributed by atoms with Gasteiger partial charge in [0, 0.05) is 29.0 Å². The Morgan fingerprint density at radius 2 is 1.81 bits per heavy atom. The summed E-state index contributed by atoms with van der Waals surface area (Å²) in [6.07, 6.45) is 3.63. The van der Waals surface area contributed by atoms with Crippen LogP contribution in [0, 0.1) is 23.7 Å². The van der Waals surface area contributed by atoms with Crippen molar-refractivity contribution in [2.45, 2.75) is 70.4 Å². The molecular formula is C21H28ClNO4. The maximum Gasteiger partial charge on any atom is 0.201 e. The maximum atomic E-state index is 6.52. The van der Waals surface area contributed by atoms with Gasteiger partial charge in [0.05, 0.1) is 0 Å². The van der Waals surface area contributed by atoms with E-state index >= 15 is 0 Å². The summed E-state index contributed by atoms with van der Waals surface area (Å²) in [5.41, 5.74) is 0.487. The SMILES string of the molecule is C[C@@H]1CC[C@H]2[C@@H](C)C(Nc3ccc(Cl)cc3)O[C@@H]3O[C@@]4(C)CC[C@@H]1[C@]32OO4. The highest BCUT2D eigenvalue weighted by Gasteiger charge is 2.69. The van der Waals surface area contributed by atoms with Crippen LogP contribution in [0.15, 0.2) is 24.3 Å². The fraction of sp³-hybridized carbons (Fsp3) is 0.714. The van der Waals surface area contributed by atoms with Crippen molar-refractivity contribution in [2.75, 3.05) is 5.32 Å². The molecule has 1 unspecified atom stereocenters. The smallest absolute Gasteiger partial charge is 0.201 e. The van der Waals surface area contributed by atoms with Crippen LogP contribution in [0.1, 0.15) is 46.5 Å². The fourth-order valence-corrected chi connectivity index (χ4v) is 5.91. The van der Waals surface area contributed by atoms with E-state index in [1.807, 2.05) is 31.2 Å². The van der Waals surface area contributed by atoms with Crippen LogP contribution in [-0.4, -0.2) is 23.9 Å². The number of hydrogen-bond donors (Lipinski definition) is 1. The number of benzene rings is 1. The third kappa shape index (κ3) is 2.74. The first-order valence-electron chi connectivity index (χ1n) is 10.1. The van der Waals surface area contributed by atoms with Gasteiger partial charge in [0.25, 0.3) is 0 Å². The molecule has 6 rings (SSSR count). The van der Waals surface area contributed by atoms with E-state index in [0.717, 1.165) is 30.0 Å². The van der Waals surface area contributed by atoms with E-state index in [-0.39, 0.29) is 12.1 Å². The molecule has 4 heterocycles. The third-order valence-corrected chi connectivity index (χ3v) is 7.56. The monoisotopic (exact) mass is 393 g/mol. The highest BCUT2D eigenvalue weighted by molar-refractivity contribution is 6.30. The van der Waals surface area contributed by atoms with E-state index in [0.29, 0.717) is 17.8 Å². The summed E-state index contributed by atoms with van der Waals surface area (Å²) in [5.74, 6) is 0.826. The van der Waals surface area contributed by atoms with Crippen LogP contribution < -0.4 is 5.32 Å². The maximum absolute atomic E-state index is 6.52. The van der Waals surface area contributed by atoms with Gasteiger partial charge in [-0.1, -0.05) is 25.4 Å². The molecule has 1 aliphatic carbocycles. The molecule has 6 heteroatoms. The summed E-state index contributed by atoms with van der Waals surface area (Å²) in [5, 5.41) is 4.26. The van der Waals surface area contributed by atoms with Crippen LogP contribution in [-0.2, 0) is 19.2 Å². The molecule has 4 aliphatic heterocycles. The molecular weight excluding hydrogens is 366 g/mol. The van der Waals surface area contributed by atoms with Crippen LogP contribution in [0.5, 0.6) is 0 Å². The molecule has 5 aliphatic rings. The van der Waals surface area contributed by atoms with E-state index in [4.69, 9.17) is 30.8 Å². The van der Waals surface area contributed by atoms with Gasteiger partial charge in [-0.2, -0.15) is 0 Å². The Balaban J connectivity index is 1.48. The summed E-state index contributed by atoms with van der Waals surface area (Å²) < 4.78 is 12.9. The average molecular weight is 394 g/mol. The van der Waals surface area contributed by atoms with Crippen molar-refractivity contribution in [3.05, 3.63) is 29.3 Å². The molecule has 1 spiro atoms. The normalized spacial score (nSPS) is 48.6. The predicted octanol–water partition coefficient (Wildman–Crippen LogP) is 4.96. The molecule has 5 fully saturated rings. The van der Waals surface area contributed by atoms with Crippen molar-refractivity contribution in [1.29, 1.82) is 0 Å². The number of anilines is 1. The number of hydrogen-bond acceptors (Lipinski definition) is 5. The minimum absolute atomic E-state index is 0.146. The summed E-state index contributed by atoms with van der Waals surface area (Å²) in [6, 6.07) is 7.74. The second kappa shape index (κ2) is 6.33. The fourth-order valence-electron chi connectivity index (χ4n) is 5.78. The highest BCUT2D eigenvalue weighted by atomic mass is 35.5. The summed E-state index contributed by atoms with van der Waals surface area (Å²) in [7, 11) is 0. The van der Waals surface area contributed by atoms with E-state index in [1.165, 1.54) is 6.42 Å². The molecule has 1 saturated carbocycles. The number of halogens is 1. The average Bonchev–Trinajstić information content (AvgIpc) is 2.87. The number of rotatable bonds is 2. The summed E-state index contributed by atoms with van der Waals surface area (Å²) in [4.78, 5) is 12.0. The van der Waals surface area contributed by atoms with Gasteiger partial charge in [-0.25, -0.2) is 9.78 Å². The van der Waals surface area contributed by atoms with Crippen molar-refractivity contribution in [3.63, 3.8) is 0 Å². The number of nitrogens with one attached hydrogen (secondary N) is 1. The summed E-state index contributed by atoms with van der Waals surface area (Å²) in [6.45, 7) is 6.54. The van der Waals surface area contributed by atoms with Crippen molar-refractivity contribution in [2.24, 2.45) is 23.7 Å². The Morgan fingerprint density at radius 3 is 2.59 bits per heavy atom. The first-order chi connectivity index (χ1) is 12.9.